The van der Waals surface area contributed by atoms with Crippen LogP contribution in [0.4, 0.5) is 0 Å². The average molecular weight is 1340 g/mol. The maximum atomic E-state index is 13.5. The number of nitrogens with one attached hydrogen (secondary N) is 2. The molecule has 4 saturated heterocycles. The maximum absolute atomic E-state index is 13.5. The smallest absolute Gasteiger partial charge is 0.220 e. The minimum Gasteiger partial charge on any atom is -0.394 e. The summed E-state index contributed by atoms with van der Waals surface area (Å²) in [4.78, 5) is 26.0. The van der Waals surface area contributed by atoms with Gasteiger partial charge in [-0.25, -0.2) is 0 Å². The quantitative estimate of drug-likeness (QED) is 0.0303. The van der Waals surface area contributed by atoms with Gasteiger partial charge in [-0.05, 0) is 44.9 Å². The number of allylic oxidation sites excluding steroid dienone is 3. The molecule has 0 aromatic carbocycles. The summed E-state index contributed by atoms with van der Waals surface area (Å²) in [5.74, 6) is -1.06. The van der Waals surface area contributed by atoms with Crippen LogP contribution in [0, 0.1) is 0 Å². The van der Waals surface area contributed by atoms with Crippen molar-refractivity contribution in [2.75, 3.05) is 33.0 Å². The summed E-state index contributed by atoms with van der Waals surface area (Å²) in [7, 11) is 0. The molecule has 93 heavy (non-hydrogen) atoms. The molecule has 25 heteroatoms. The number of hydrogen-bond acceptors (Lipinski definition) is 23. The second kappa shape index (κ2) is 48.3. The monoisotopic (exact) mass is 1340 g/mol. The van der Waals surface area contributed by atoms with Crippen molar-refractivity contribution in [2.24, 2.45) is 0 Å². The maximum Gasteiger partial charge on any atom is 0.220 e. The minimum absolute atomic E-state index is 0.213. The van der Waals surface area contributed by atoms with Gasteiger partial charge in [0.25, 0.3) is 0 Å². The molecule has 0 aromatic heterocycles. The Labute approximate surface area is 552 Å². The average Bonchev–Trinajstić information content (AvgIpc) is 0.792. The number of rotatable bonds is 50. The minimum atomic E-state index is -2.10. The van der Waals surface area contributed by atoms with Crippen LogP contribution in [-0.2, 0) is 47.5 Å². The lowest BCUT2D eigenvalue weighted by Gasteiger charge is -2.50. The highest BCUT2D eigenvalue weighted by molar-refractivity contribution is 5.76. The lowest BCUT2D eigenvalue weighted by atomic mass is 9.94. The largest absolute Gasteiger partial charge is 0.394 e. The molecule has 15 N–H and O–H groups in total. The van der Waals surface area contributed by atoms with Crippen LogP contribution in [0.3, 0.4) is 0 Å². The number of aliphatic hydroxyl groups is 13. The van der Waals surface area contributed by atoms with Gasteiger partial charge in [0, 0.05) is 13.3 Å². The highest BCUT2D eigenvalue weighted by Crippen LogP contribution is 2.35. The molecule has 544 valence electrons. The van der Waals surface area contributed by atoms with Gasteiger partial charge in [-0.3, -0.25) is 9.59 Å². The van der Waals surface area contributed by atoms with Crippen molar-refractivity contribution < 1.29 is 114 Å². The Hall–Kier alpha value is -2.42. The Morgan fingerprint density at radius 3 is 1.25 bits per heavy atom. The number of amides is 2. The summed E-state index contributed by atoms with van der Waals surface area (Å²) in [6, 6.07) is -2.63. The zero-order valence-corrected chi connectivity index (χ0v) is 56.1. The van der Waals surface area contributed by atoms with E-state index in [4.69, 9.17) is 37.9 Å². The highest BCUT2D eigenvalue weighted by atomic mass is 16.8. The molecule has 4 aliphatic rings. The Kier molecular flexibility index (Phi) is 43.1. The van der Waals surface area contributed by atoms with Gasteiger partial charge in [-0.15, -0.1) is 0 Å². The van der Waals surface area contributed by atoms with Crippen LogP contribution in [-0.4, -0.2) is 246 Å². The van der Waals surface area contributed by atoms with E-state index in [1.807, 2.05) is 6.08 Å². The molecule has 2 amide bonds. The molecule has 0 aliphatic carbocycles. The number of ether oxygens (including phenoxy) is 8. The van der Waals surface area contributed by atoms with Gasteiger partial charge in [0.2, 0.25) is 11.8 Å². The molecule has 0 aromatic rings. The third-order valence-corrected chi connectivity index (χ3v) is 18.3. The van der Waals surface area contributed by atoms with Crippen molar-refractivity contribution in [2.45, 2.75) is 361 Å². The first kappa shape index (κ1) is 83.0. The van der Waals surface area contributed by atoms with Gasteiger partial charge in [0.1, 0.15) is 97.6 Å². The summed E-state index contributed by atoms with van der Waals surface area (Å²) in [5.41, 5.74) is 0. The zero-order chi connectivity index (χ0) is 67.9. The number of carbonyl (C=O) groups excluding carboxylic acids is 2. The van der Waals surface area contributed by atoms with E-state index in [0.717, 1.165) is 51.9 Å². The number of hydrogen-bond donors (Lipinski definition) is 15. The summed E-state index contributed by atoms with van der Waals surface area (Å²) in [5, 5.41) is 147. The molecule has 0 bridgehead atoms. The van der Waals surface area contributed by atoms with E-state index >= 15 is 0 Å². The van der Waals surface area contributed by atoms with Gasteiger partial charge in [-0.1, -0.05) is 192 Å². The topological polar surface area (TPSA) is 395 Å². The molecule has 4 rings (SSSR count). The van der Waals surface area contributed by atoms with E-state index in [9.17, 15) is 76.0 Å². The van der Waals surface area contributed by atoms with E-state index in [1.54, 1.807) is 6.08 Å². The lowest BCUT2D eigenvalue weighted by molar-refractivity contribution is -0.380. The molecular weight excluding hydrogens is 1210 g/mol. The molecule has 4 heterocycles. The van der Waals surface area contributed by atoms with Gasteiger partial charge >= 0.3 is 0 Å². The molecule has 4 fully saturated rings. The first-order chi connectivity index (χ1) is 45.0. The number of carbonyl (C=O) groups is 2. The molecule has 25 nitrogen and oxygen atoms in total. The fourth-order valence-corrected chi connectivity index (χ4v) is 12.5. The predicted molar refractivity (Wildman–Crippen MR) is 345 cm³/mol. The normalized spacial score (nSPS) is 32.5. The second-order valence-electron chi connectivity index (χ2n) is 26.1. The Balaban J connectivity index is 1.31. The van der Waals surface area contributed by atoms with E-state index in [2.05, 4.69) is 36.6 Å². The van der Waals surface area contributed by atoms with Gasteiger partial charge in [-0.2, -0.15) is 0 Å². The standard InChI is InChI=1S/C68H124N2O23/c1-4-6-8-10-12-14-16-18-19-20-21-22-23-24-25-27-29-31-33-35-37-39-52(77)70-46(47(76)38-36-34-32-30-28-26-17-15-13-11-9-7-5-2)44-86-66-60(84)57(81)63(50(42-73)89-66)92-68-61(85)58(82)62(51(43-74)90-68)91-65-53(69-45(3)75)64(55(79)49(41-72)87-65)93-67-59(83)56(80)54(78)48(40-71)88-67/h18-19,36,38,46-51,53-68,71-74,76,78-85H,4-17,20-35,37,39-44H2,1-3H3,(H,69,75)(H,70,77)/b19-18-,38-36+/t46-,47+,48+,49+,50+,51+,53+,54-,55-,56-,57+,58+,59+,60?,61+,62-,63+,64+,65-,66+,67-,68-/m0/s1. The molecule has 1 unspecified atom stereocenters. The third-order valence-electron chi connectivity index (χ3n) is 18.3. The molecule has 22 atom stereocenters. The van der Waals surface area contributed by atoms with E-state index in [-0.39, 0.29) is 12.3 Å². The van der Waals surface area contributed by atoms with Crippen molar-refractivity contribution in [3.05, 3.63) is 24.3 Å². The predicted octanol–water partition coefficient (Wildman–Crippen LogP) is 3.90. The van der Waals surface area contributed by atoms with Crippen LogP contribution in [0.15, 0.2) is 24.3 Å². The van der Waals surface area contributed by atoms with Crippen molar-refractivity contribution in [1.29, 1.82) is 0 Å². The summed E-state index contributed by atoms with van der Waals surface area (Å²) >= 11 is 0. The Morgan fingerprint density at radius 1 is 0.419 bits per heavy atom. The van der Waals surface area contributed by atoms with Crippen LogP contribution >= 0.6 is 0 Å². The SMILES string of the molecule is CCCCCCCC/C=C\CCCCCCCCCCCCCC(=O)N[C@@H](CO[C@@H]1O[C@H](CO)[C@@H](O[C@@H]2O[C@H](CO)[C@H](O[C@@H]3O[C@H](CO)[C@H](O)[C@H](O[C@@H]4O[C@H](CO)[C@H](O)[C@H](O)[C@H]4O)[C@H]3NC(C)=O)[C@H](O)[C@H]2O)[C@H](O)C1O)[C@H](O)/C=C/CCCCCCCCCCCCC. The highest BCUT2D eigenvalue weighted by Gasteiger charge is 2.56. The molecule has 0 radical (unpaired) electrons. The molecule has 4 aliphatic heterocycles. The van der Waals surface area contributed by atoms with Crippen molar-refractivity contribution >= 4 is 11.8 Å². The lowest BCUT2D eigenvalue weighted by Crippen LogP contribution is -2.70. The van der Waals surface area contributed by atoms with Gasteiger partial charge < -0.3 is 115 Å². The number of unbranched alkanes of at least 4 members (excludes halogenated alkanes) is 28. The number of aliphatic hydroxyl groups excluding tert-OH is 13. The Morgan fingerprint density at radius 2 is 0.785 bits per heavy atom. The van der Waals surface area contributed by atoms with E-state index in [1.165, 1.54) is 141 Å². The van der Waals surface area contributed by atoms with Crippen LogP contribution in [0.2, 0.25) is 0 Å². The summed E-state index contributed by atoms with van der Waals surface area (Å²) < 4.78 is 46.8. The van der Waals surface area contributed by atoms with Crippen molar-refractivity contribution in [1.82, 2.24) is 10.6 Å². The summed E-state index contributed by atoms with van der Waals surface area (Å²) in [6.07, 6.45) is 9.60. The molecule has 0 saturated carbocycles. The van der Waals surface area contributed by atoms with Crippen molar-refractivity contribution in [3.8, 4) is 0 Å². The molecule has 0 spiro atoms. The fraction of sp³-hybridized carbons (Fsp3) is 0.912. The van der Waals surface area contributed by atoms with Crippen LogP contribution in [0.5, 0.6) is 0 Å². The summed E-state index contributed by atoms with van der Waals surface area (Å²) in [6.45, 7) is 1.60. The van der Waals surface area contributed by atoms with Crippen LogP contribution in [0.1, 0.15) is 226 Å². The first-order valence-electron chi connectivity index (χ1n) is 35.6. The van der Waals surface area contributed by atoms with Crippen LogP contribution in [0.25, 0.3) is 0 Å². The van der Waals surface area contributed by atoms with E-state index < -0.39 is 174 Å². The van der Waals surface area contributed by atoms with E-state index in [0.29, 0.717) is 12.8 Å². The van der Waals surface area contributed by atoms with Gasteiger partial charge in [0.05, 0.1) is 45.2 Å². The second-order valence-corrected chi connectivity index (χ2v) is 26.1. The molecular formula is C68H124N2O23. The first-order valence-corrected chi connectivity index (χ1v) is 35.6. The fourth-order valence-electron chi connectivity index (χ4n) is 12.5. The van der Waals surface area contributed by atoms with Gasteiger partial charge in [0.15, 0.2) is 25.2 Å². The van der Waals surface area contributed by atoms with Crippen LogP contribution < -0.4 is 10.6 Å². The third kappa shape index (κ3) is 29.5. The van der Waals surface area contributed by atoms with Crippen molar-refractivity contribution in [3.63, 3.8) is 0 Å². The Bertz CT molecular complexity index is 1980. The zero-order valence-electron chi connectivity index (χ0n) is 56.1.